The van der Waals surface area contributed by atoms with Gasteiger partial charge in [-0.2, -0.15) is 5.10 Å². The largest absolute Gasteiger partial charge is 0.257 e. The van der Waals surface area contributed by atoms with Crippen molar-refractivity contribution in [2.24, 2.45) is 0 Å². The third-order valence-electron chi connectivity index (χ3n) is 1.46. The lowest BCUT2D eigenvalue weighted by molar-refractivity contribution is 0.652. The predicted molar refractivity (Wildman–Crippen MR) is 40.6 cm³/mol. The Morgan fingerprint density at radius 3 is 2.90 bits per heavy atom. The van der Waals surface area contributed by atoms with E-state index in [9.17, 15) is 0 Å². The van der Waals surface area contributed by atoms with E-state index >= 15 is 0 Å². The Bertz CT molecular complexity index is 265. The van der Waals surface area contributed by atoms with E-state index in [0.717, 1.165) is 17.8 Å². The van der Waals surface area contributed by atoms with Gasteiger partial charge in [0.05, 0.1) is 6.20 Å². The highest BCUT2D eigenvalue weighted by molar-refractivity contribution is 5.31. The molecular formula is C8H10N2. The Morgan fingerprint density at radius 2 is 2.50 bits per heavy atom. The molecule has 0 amide bonds. The van der Waals surface area contributed by atoms with Crippen LogP contribution >= 0.6 is 0 Å². The molecule has 2 nitrogen and oxygen atoms in total. The molecule has 0 saturated carbocycles. The normalized spacial score (nSPS) is 9.30. The Hall–Kier alpha value is -1.23. The van der Waals surface area contributed by atoms with Crippen LogP contribution in [0.1, 0.15) is 18.2 Å². The van der Waals surface area contributed by atoms with Gasteiger partial charge in [-0.25, -0.2) is 0 Å². The SMILES string of the molecule is C#Cc1c(C)cnn1CC. The monoisotopic (exact) mass is 134 g/mol. The lowest BCUT2D eigenvalue weighted by Crippen LogP contribution is -1.99. The van der Waals surface area contributed by atoms with Gasteiger partial charge in [0, 0.05) is 12.1 Å². The minimum Gasteiger partial charge on any atom is -0.257 e. The number of hydrogen-bond donors (Lipinski definition) is 0. The fourth-order valence-electron chi connectivity index (χ4n) is 0.907. The Labute approximate surface area is 60.9 Å². The van der Waals surface area contributed by atoms with E-state index in [1.54, 1.807) is 6.20 Å². The van der Waals surface area contributed by atoms with Gasteiger partial charge in [0.2, 0.25) is 0 Å². The van der Waals surface area contributed by atoms with Gasteiger partial charge in [0.25, 0.3) is 0 Å². The Morgan fingerprint density at radius 1 is 1.80 bits per heavy atom. The summed E-state index contributed by atoms with van der Waals surface area (Å²) in [5, 5.41) is 4.08. The zero-order chi connectivity index (χ0) is 7.56. The molecule has 52 valence electrons. The highest BCUT2D eigenvalue weighted by Gasteiger charge is 2.00. The Balaban J connectivity index is 3.17. The molecule has 0 N–H and O–H groups in total. The second-order valence-electron chi connectivity index (χ2n) is 2.14. The van der Waals surface area contributed by atoms with Crippen molar-refractivity contribution in [2.75, 3.05) is 0 Å². The molecule has 0 aliphatic heterocycles. The van der Waals surface area contributed by atoms with E-state index in [1.165, 1.54) is 0 Å². The van der Waals surface area contributed by atoms with Crippen molar-refractivity contribution in [3.63, 3.8) is 0 Å². The molecule has 0 radical (unpaired) electrons. The average molecular weight is 134 g/mol. The molecule has 0 bridgehead atoms. The van der Waals surface area contributed by atoms with Crippen LogP contribution in [-0.2, 0) is 6.54 Å². The predicted octanol–water partition coefficient (Wildman–Crippen LogP) is 1.19. The van der Waals surface area contributed by atoms with E-state index in [4.69, 9.17) is 6.42 Å². The van der Waals surface area contributed by atoms with Gasteiger partial charge >= 0.3 is 0 Å². The zero-order valence-electron chi connectivity index (χ0n) is 6.26. The summed E-state index contributed by atoms with van der Waals surface area (Å²) in [6.07, 6.45) is 7.05. The molecule has 10 heavy (non-hydrogen) atoms. The lowest BCUT2D eigenvalue weighted by atomic mass is 10.3. The van der Waals surface area contributed by atoms with E-state index in [2.05, 4.69) is 11.0 Å². The standard InChI is InChI=1S/C8H10N2/c1-4-8-7(3)6-9-10(8)5-2/h1,6H,5H2,2-3H3. The van der Waals surface area contributed by atoms with Crippen LogP contribution in [0, 0.1) is 19.3 Å². The first-order chi connectivity index (χ1) is 4.79. The summed E-state index contributed by atoms with van der Waals surface area (Å²) in [6.45, 7) is 4.83. The number of terminal acetylenes is 1. The average Bonchev–Trinajstić information content (AvgIpc) is 2.30. The number of aryl methyl sites for hydroxylation is 2. The van der Waals surface area contributed by atoms with Gasteiger partial charge in [-0.3, -0.25) is 4.68 Å². The molecule has 0 aliphatic rings. The summed E-state index contributed by atoms with van der Waals surface area (Å²) in [6, 6.07) is 0. The van der Waals surface area contributed by atoms with E-state index in [-0.39, 0.29) is 0 Å². The molecular weight excluding hydrogens is 124 g/mol. The van der Waals surface area contributed by atoms with Gasteiger partial charge < -0.3 is 0 Å². The first-order valence-electron chi connectivity index (χ1n) is 3.28. The maximum absolute atomic E-state index is 5.26. The van der Waals surface area contributed by atoms with Gasteiger partial charge in [0.15, 0.2) is 0 Å². The minimum atomic E-state index is 0.841. The minimum absolute atomic E-state index is 0.841. The number of aromatic nitrogens is 2. The van der Waals surface area contributed by atoms with Crippen molar-refractivity contribution in [3.8, 4) is 12.3 Å². The van der Waals surface area contributed by atoms with Crippen LogP contribution in [0.4, 0.5) is 0 Å². The van der Waals surface area contributed by atoms with E-state index < -0.39 is 0 Å². The van der Waals surface area contributed by atoms with Crippen LogP contribution < -0.4 is 0 Å². The van der Waals surface area contributed by atoms with Crippen molar-refractivity contribution < 1.29 is 0 Å². The molecule has 0 aromatic carbocycles. The third kappa shape index (κ3) is 0.906. The van der Waals surface area contributed by atoms with Crippen molar-refractivity contribution in [3.05, 3.63) is 17.5 Å². The molecule has 1 aromatic rings. The molecule has 0 atom stereocenters. The van der Waals surface area contributed by atoms with E-state index in [0.29, 0.717) is 0 Å². The van der Waals surface area contributed by atoms with Crippen molar-refractivity contribution in [1.29, 1.82) is 0 Å². The quantitative estimate of drug-likeness (QED) is 0.527. The first kappa shape index (κ1) is 6.88. The summed E-state index contributed by atoms with van der Waals surface area (Å²) in [5.41, 5.74) is 1.96. The first-order valence-corrected chi connectivity index (χ1v) is 3.28. The second kappa shape index (κ2) is 2.57. The van der Waals surface area contributed by atoms with Crippen LogP contribution in [0.5, 0.6) is 0 Å². The van der Waals surface area contributed by atoms with Gasteiger partial charge in [-0.1, -0.05) is 5.92 Å². The summed E-state index contributed by atoms with van der Waals surface area (Å²) in [4.78, 5) is 0. The van der Waals surface area contributed by atoms with Crippen LogP contribution in [0.15, 0.2) is 6.20 Å². The van der Waals surface area contributed by atoms with Crippen LogP contribution in [0.2, 0.25) is 0 Å². The third-order valence-corrected chi connectivity index (χ3v) is 1.46. The maximum atomic E-state index is 5.26. The fraction of sp³-hybridized carbons (Fsp3) is 0.375. The van der Waals surface area contributed by atoms with Gasteiger partial charge in [0.1, 0.15) is 5.69 Å². The molecule has 0 spiro atoms. The van der Waals surface area contributed by atoms with Crippen LogP contribution in [0.25, 0.3) is 0 Å². The highest BCUT2D eigenvalue weighted by atomic mass is 15.3. The molecule has 1 rings (SSSR count). The molecule has 0 fully saturated rings. The number of rotatable bonds is 1. The number of nitrogens with zero attached hydrogens (tertiary/aromatic N) is 2. The number of hydrogen-bond acceptors (Lipinski definition) is 1. The molecule has 2 heteroatoms. The summed E-state index contributed by atoms with van der Waals surface area (Å²) in [7, 11) is 0. The van der Waals surface area contributed by atoms with E-state index in [1.807, 2.05) is 18.5 Å². The smallest absolute Gasteiger partial charge is 0.113 e. The topological polar surface area (TPSA) is 17.8 Å². The summed E-state index contributed by atoms with van der Waals surface area (Å²) >= 11 is 0. The van der Waals surface area contributed by atoms with Crippen LogP contribution in [0.3, 0.4) is 0 Å². The van der Waals surface area contributed by atoms with Crippen molar-refractivity contribution >= 4 is 0 Å². The molecule has 0 saturated heterocycles. The van der Waals surface area contributed by atoms with Crippen LogP contribution in [-0.4, -0.2) is 9.78 Å². The van der Waals surface area contributed by atoms with Crippen molar-refractivity contribution in [2.45, 2.75) is 20.4 Å². The molecule has 1 aromatic heterocycles. The highest BCUT2D eigenvalue weighted by Crippen LogP contribution is 2.03. The molecule has 0 unspecified atom stereocenters. The maximum Gasteiger partial charge on any atom is 0.113 e. The fourth-order valence-corrected chi connectivity index (χ4v) is 0.907. The second-order valence-corrected chi connectivity index (χ2v) is 2.14. The molecule has 1 heterocycles. The summed E-state index contributed by atoms with van der Waals surface area (Å²) in [5.74, 6) is 2.60. The summed E-state index contributed by atoms with van der Waals surface area (Å²) < 4.78 is 1.81. The Kier molecular flexibility index (Phi) is 1.77. The van der Waals surface area contributed by atoms with Gasteiger partial charge in [-0.05, 0) is 13.8 Å². The van der Waals surface area contributed by atoms with Crippen molar-refractivity contribution in [1.82, 2.24) is 9.78 Å². The zero-order valence-corrected chi connectivity index (χ0v) is 6.26. The molecule has 0 aliphatic carbocycles. The lowest BCUT2D eigenvalue weighted by Gasteiger charge is -1.96. The van der Waals surface area contributed by atoms with Gasteiger partial charge in [-0.15, -0.1) is 6.42 Å².